The third-order valence-corrected chi connectivity index (χ3v) is 10.3. The smallest absolute Gasteiger partial charge is 0.251 e. The summed E-state index contributed by atoms with van der Waals surface area (Å²) in [6, 6.07) is 15.0. The average Bonchev–Trinajstić information content (AvgIpc) is 3.23. The van der Waals surface area contributed by atoms with Crippen LogP contribution in [-0.4, -0.2) is 74.9 Å². The molecule has 0 aliphatic carbocycles. The molecule has 0 saturated carbocycles. The van der Waals surface area contributed by atoms with Gasteiger partial charge in [-0.15, -0.1) is 11.8 Å². The van der Waals surface area contributed by atoms with Gasteiger partial charge in [-0.1, -0.05) is 72.8 Å². The number of anilines is 1. The third-order valence-electron chi connectivity index (χ3n) is 8.51. The van der Waals surface area contributed by atoms with Crippen LogP contribution in [-0.2, 0) is 20.9 Å². The number of para-hydroxylation sites is 1. The van der Waals surface area contributed by atoms with Crippen LogP contribution in [0.1, 0.15) is 16.7 Å². The Morgan fingerprint density at radius 1 is 0.923 bits per heavy atom. The van der Waals surface area contributed by atoms with Crippen molar-refractivity contribution in [3.8, 4) is 0 Å². The number of amides is 3. The first-order valence-electron chi connectivity index (χ1n) is 13.5. The van der Waals surface area contributed by atoms with Crippen LogP contribution in [0.25, 0.3) is 0 Å². The van der Waals surface area contributed by atoms with Crippen molar-refractivity contribution >= 4 is 35.2 Å². The zero-order chi connectivity index (χ0) is 27.3. The van der Waals surface area contributed by atoms with E-state index in [0.717, 1.165) is 22.4 Å². The number of carbonyl (C=O) groups excluding carboxylic acids is 3. The van der Waals surface area contributed by atoms with E-state index in [2.05, 4.69) is 6.08 Å². The van der Waals surface area contributed by atoms with E-state index in [1.165, 1.54) is 4.90 Å². The zero-order valence-corrected chi connectivity index (χ0v) is 23.0. The number of rotatable bonds is 5. The molecule has 1 N–H and O–H groups in total. The van der Waals surface area contributed by atoms with Crippen LogP contribution in [0.5, 0.6) is 0 Å². The molecular weight excluding hydrogens is 510 g/mol. The second-order valence-electron chi connectivity index (χ2n) is 10.8. The van der Waals surface area contributed by atoms with Gasteiger partial charge >= 0.3 is 0 Å². The fraction of sp³-hybridized carbons (Fsp3) is 0.387. The van der Waals surface area contributed by atoms with Gasteiger partial charge in [-0.3, -0.25) is 14.4 Å². The van der Waals surface area contributed by atoms with Crippen molar-refractivity contribution in [1.82, 2.24) is 9.80 Å². The lowest BCUT2D eigenvalue weighted by Crippen LogP contribution is -2.54. The van der Waals surface area contributed by atoms with Crippen LogP contribution in [0.3, 0.4) is 0 Å². The first-order valence-corrected chi connectivity index (χ1v) is 14.4. The molecule has 4 heterocycles. The molecule has 0 aromatic heterocycles. The molecule has 1 spiro atoms. The Morgan fingerprint density at radius 3 is 2.38 bits per heavy atom. The van der Waals surface area contributed by atoms with E-state index in [-0.39, 0.29) is 36.1 Å². The zero-order valence-electron chi connectivity index (χ0n) is 22.2. The van der Waals surface area contributed by atoms with Gasteiger partial charge in [0.05, 0.1) is 23.2 Å². The van der Waals surface area contributed by atoms with Crippen molar-refractivity contribution in [2.24, 2.45) is 11.8 Å². The van der Waals surface area contributed by atoms with Gasteiger partial charge in [0, 0.05) is 37.1 Å². The van der Waals surface area contributed by atoms with E-state index in [1.54, 1.807) is 16.7 Å². The minimum Gasteiger partial charge on any atom is -0.395 e. The van der Waals surface area contributed by atoms with Gasteiger partial charge in [-0.05, 0) is 30.5 Å². The molecule has 5 atom stereocenters. The van der Waals surface area contributed by atoms with Crippen molar-refractivity contribution < 1.29 is 19.5 Å². The summed E-state index contributed by atoms with van der Waals surface area (Å²) in [5.41, 5.74) is 3.86. The van der Waals surface area contributed by atoms with Gasteiger partial charge in [-0.2, -0.15) is 0 Å². The molecule has 2 saturated heterocycles. The summed E-state index contributed by atoms with van der Waals surface area (Å²) < 4.78 is -0.889. The summed E-state index contributed by atoms with van der Waals surface area (Å²) in [6.07, 6.45) is 8.08. The molecule has 8 heteroatoms. The molecule has 2 fully saturated rings. The number of aliphatic hydroxyl groups excluding tert-OH is 1. The quantitative estimate of drug-likeness (QED) is 0.587. The Morgan fingerprint density at radius 2 is 1.67 bits per heavy atom. The number of benzene rings is 2. The number of nitrogens with zero attached hydrogens (tertiary/aromatic N) is 3. The third kappa shape index (κ3) is 4.03. The number of thioether (sulfide) groups is 1. The van der Waals surface area contributed by atoms with E-state index in [9.17, 15) is 19.5 Å². The van der Waals surface area contributed by atoms with E-state index in [1.807, 2.05) is 85.5 Å². The van der Waals surface area contributed by atoms with Gasteiger partial charge in [0.1, 0.15) is 6.04 Å². The molecule has 202 valence electrons. The van der Waals surface area contributed by atoms with Crippen molar-refractivity contribution in [3.05, 3.63) is 89.5 Å². The van der Waals surface area contributed by atoms with Crippen molar-refractivity contribution in [1.29, 1.82) is 0 Å². The van der Waals surface area contributed by atoms with E-state index in [4.69, 9.17) is 0 Å². The molecule has 7 nitrogen and oxygen atoms in total. The van der Waals surface area contributed by atoms with Crippen LogP contribution in [0.4, 0.5) is 5.69 Å². The summed E-state index contributed by atoms with van der Waals surface area (Å²) >= 11 is 1.57. The summed E-state index contributed by atoms with van der Waals surface area (Å²) in [5, 5.41) is 9.72. The molecule has 3 amide bonds. The molecule has 2 aromatic rings. The van der Waals surface area contributed by atoms with Gasteiger partial charge in [0.25, 0.3) is 5.91 Å². The predicted octanol–water partition coefficient (Wildman–Crippen LogP) is 3.09. The van der Waals surface area contributed by atoms with Crippen molar-refractivity contribution in [2.45, 2.75) is 36.4 Å². The molecule has 4 aliphatic rings. The first-order chi connectivity index (χ1) is 18.9. The maximum Gasteiger partial charge on any atom is 0.251 e. The fourth-order valence-electron chi connectivity index (χ4n) is 6.91. The molecule has 4 aliphatic heterocycles. The second kappa shape index (κ2) is 9.99. The van der Waals surface area contributed by atoms with Crippen LogP contribution in [0, 0.1) is 25.7 Å². The lowest BCUT2D eigenvalue weighted by Gasteiger charge is -2.35. The van der Waals surface area contributed by atoms with Crippen molar-refractivity contribution in [3.63, 3.8) is 0 Å². The highest BCUT2D eigenvalue weighted by molar-refractivity contribution is 8.02. The molecule has 0 radical (unpaired) electrons. The Balaban J connectivity index is 1.41. The fourth-order valence-corrected chi connectivity index (χ4v) is 8.92. The number of hydrogen-bond donors (Lipinski definition) is 1. The molecule has 0 bridgehead atoms. The van der Waals surface area contributed by atoms with Gasteiger partial charge < -0.3 is 19.8 Å². The number of hydrogen-bond acceptors (Lipinski definition) is 5. The monoisotopic (exact) mass is 543 g/mol. The largest absolute Gasteiger partial charge is 0.395 e. The van der Waals surface area contributed by atoms with E-state index < -0.39 is 22.6 Å². The molecule has 39 heavy (non-hydrogen) atoms. The Kier molecular flexibility index (Phi) is 6.63. The highest BCUT2D eigenvalue weighted by atomic mass is 32.2. The van der Waals surface area contributed by atoms with E-state index >= 15 is 0 Å². The molecule has 6 rings (SSSR count). The lowest BCUT2D eigenvalue weighted by molar-refractivity contribution is -0.143. The number of β-amino-alcohol motifs (C(OH)–C–C–N with tert-alkyl or cyclic N) is 1. The van der Waals surface area contributed by atoms with Crippen LogP contribution < -0.4 is 4.90 Å². The number of fused-ring (bicyclic) bond motifs is 2. The summed E-state index contributed by atoms with van der Waals surface area (Å²) in [5.74, 6) is -1.71. The Labute approximate surface area is 233 Å². The lowest BCUT2D eigenvalue weighted by atomic mass is 9.78. The van der Waals surface area contributed by atoms with Crippen LogP contribution >= 0.6 is 11.8 Å². The number of aryl methyl sites for hydroxylation is 2. The standard InChI is InChI=1S/C31H33N3O4S/c1-20-9-6-10-21(2)26(20)33-16-8-14-31-25(29(37)34(17-18-35)27(31)30(33)38)24-23(39-31)13-7-15-32(28(24)36)19-22-11-4-3-5-12-22/h3-14,23-25,27,35H,15-19H2,1-2H3/t23-,24+,25+,27?,31+/m1/s1. The SMILES string of the molecule is Cc1cccc(C)c1N1CC=C[C@]23S[C@@H]4C=CCN(Cc5ccccc5)C(=O)[C@@H]4[C@H]2C(=O)N(CCO)C3C1=O. The van der Waals surface area contributed by atoms with Crippen molar-refractivity contribution in [2.75, 3.05) is 31.1 Å². The van der Waals surface area contributed by atoms with Crippen LogP contribution in [0.15, 0.2) is 72.8 Å². The number of likely N-dealkylation sites (tertiary alicyclic amines) is 1. The highest BCUT2D eigenvalue weighted by Crippen LogP contribution is 2.61. The first kappa shape index (κ1) is 25.9. The number of carbonyl (C=O) groups is 3. The van der Waals surface area contributed by atoms with Gasteiger partial charge in [-0.25, -0.2) is 0 Å². The normalized spacial score (nSPS) is 29.8. The maximum atomic E-state index is 14.4. The summed E-state index contributed by atoms with van der Waals surface area (Å²) in [4.78, 5) is 47.9. The highest BCUT2D eigenvalue weighted by Gasteiger charge is 2.71. The Hall–Kier alpha value is -3.36. The summed E-state index contributed by atoms with van der Waals surface area (Å²) in [7, 11) is 0. The van der Waals surface area contributed by atoms with Gasteiger partial charge in [0.15, 0.2) is 0 Å². The van der Waals surface area contributed by atoms with E-state index in [0.29, 0.717) is 19.6 Å². The Bertz CT molecular complexity index is 1350. The minimum atomic E-state index is -0.889. The molecule has 1 unspecified atom stereocenters. The second-order valence-corrected chi connectivity index (χ2v) is 12.3. The minimum absolute atomic E-state index is 0.0532. The molecular formula is C31H33N3O4S. The van der Waals surface area contributed by atoms with Gasteiger partial charge in [0.2, 0.25) is 11.8 Å². The average molecular weight is 544 g/mol. The topological polar surface area (TPSA) is 81.2 Å². The predicted molar refractivity (Wildman–Crippen MR) is 152 cm³/mol. The number of aliphatic hydroxyl groups is 1. The summed E-state index contributed by atoms with van der Waals surface area (Å²) in [6.45, 7) is 5.10. The van der Waals surface area contributed by atoms with Crippen LogP contribution in [0.2, 0.25) is 0 Å². The molecule has 2 aromatic carbocycles. The maximum absolute atomic E-state index is 14.4.